The number of ether oxygens (including phenoxy) is 2. The van der Waals surface area contributed by atoms with Gasteiger partial charge in [-0.2, -0.15) is 0 Å². The summed E-state index contributed by atoms with van der Waals surface area (Å²) >= 11 is 0. The number of esters is 2. The van der Waals surface area contributed by atoms with Crippen LogP contribution < -0.4 is 0 Å². The average molecular weight is 603 g/mol. The van der Waals surface area contributed by atoms with E-state index in [0.29, 0.717) is 19.3 Å². The maximum atomic E-state index is 12.1. The van der Waals surface area contributed by atoms with Gasteiger partial charge in [-0.15, -0.1) is 0 Å². The number of allylic oxidation sites excluding steroid dienone is 8. The van der Waals surface area contributed by atoms with Gasteiger partial charge in [-0.3, -0.25) is 9.59 Å². The summed E-state index contributed by atoms with van der Waals surface area (Å²) in [7, 11) is 0. The van der Waals surface area contributed by atoms with Crippen molar-refractivity contribution in [1.82, 2.24) is 0 Å². The summed E-state index contributed by atoms with van der Waals surface area (Å²) in [5.41, 5.74) is 0. The van der Waals surface area contributed by atoms with Gasteiger partial charge in [0.15, 0.2) is 6.10 Å². The highest BCUT2D eigenvalue weighted by molar-refractivity contribution is 5.70. The third-order valence-electron chi connectivity index (χ3n) is 6.83. The molecule has 2 atom stereocenters. The van der Waals surface area contributed by atoms with Gasteiger partial charge in [-0.25, -0.2) is 0 Å². The first-order valence-corrected chi connectivity index (χ1v) is 16.8. The Morgan fingerprint density at radius 2 is 1.33 bits per heavy atom. The van der Waals surface area contributed by atoms with E-state index in [9.17, 15) is 19.8 Å². The van der Waals surface area contributed by atoms with E-state index in [0.717, 1.165) is 50.9 Å². The molecule has 0 saturated heterocycles. The van der Waals surface area contributed by atoms with Crippen LogP contribution in [0.25, 0.3) is 0 Å². The van der Waals surface area contributed by atoms with Crippen LogP contribution in [-0.2, 0) is 19.1 Å². The van der Waals surface area contributed by atoms with Gasteiger partial charge in [0, 0.05) is 12.8 Å². The van der Waals surface area contributed by atoms with Crippen LogP contribution in [-0.4, -0.2) is 47.6 Å². The molecule has 0 aliphatic rings. The van der Waals surface area contributed by atoms with Crippen molar-refractivity contribution >= 4 is 11.9 Å². The Labute approximate surface area is 263 Å². The molecule has 0 amide bonds. The molecule has 0 aromatic heterocycles. The summed E-state index contributed by atoms with van der Waals surface area (Å²) in [4.78, 5) is 24.1. The Hall–Kier alpha value is -2.44. The summed E-state index contributed by atoms with van der Waals surface area (Å²) in [5, 5.41) is 19.2. The molecule has 0 radical (unpaired) electrons. The highest BCUT2D eigenvalue weighted by Crippen LogP contribution is 2.13. The zero-order chi connectivity index (χ0) is 31.8. The third kappa shape index (κ3) is 30.8. The Morgan fingerprint density at radius 3 is 2.00 bits per heavy atom. The monoisotopic (exact) mass is 602 g/mol. The van der Waals surface area contributed by atoms with Crippen LogP contribution in [0.5, 0.6) is 0 Å². The minimum absolute atomic E-state index is 0.110. The van der Waals surface area contributed by atoms with Gasteiger partial charge < -0.3 is 19.7 Å². The quantitative estimate of drug-likeness (QED) is 0.0402. The van der Waals surface area contributed by atoms with Gasteiger partial charge in [0.25, 0.3) is 0 Å². The number of carbonyl (C=O) groups is 2. The molecule has 0 saturated carbocycles. The van der Waals surface area contributed by atoms with Crippen molar-refractivity contribution in [3.63, 3.8) is 0 Å². The molecule has 1 unspecified atom stereocenters. The highest BCUT2D eigenvalue weighted by Gasteiger charge is 2.16. The van der Waals surface area contributed by atoms with Gasteiger partial charge in [0.05, 0.1) is 12.7 Å². The number of hydrogen-bond donors (Lipinski definition) is 2. The number of rotatable bonds is 28. The van der Waals surface area contributed by atoms with Crippen LogP contribution in [0.2, 0.25) is 0 Å². The molecule has 43 heavy (non-hydrogen) atoms. The molecule has 0 fully saturated rings. The number of aliphatic hydroxyl groups excluding tert-OH is 2. The van der Waals surface area contributed by atoms with Crippen LogP contribution in [0.4, 0.5) is 0 Å². The maximum Gasteiger partial charge on any atom is 0.306 e. The largest absolute Gasteiger partial charge is 0.462 e. The fourth-order valence-corrected chi connectivity index (χ4v) is 4.26. The predicted octanol–water partition coefficient (Wildman–Crippen LogP) is 8.88. The van der Waals surface area contributed by atoms with Gasteiger partial charge >= 0.3 is 11.9 Å². The number of carbonyl (C=O) groups excluding carboxylic acids is 2. The molecule has 0 heterocycles. The van der Waals surface area contributed by atoms with Crippen molar-refractivity contribution in [2.75, 3.05) is 13.2 Å². The second-order valence-electron chi connectivity index (χ2n) is 11.5. The van der Waals surface area contributed by atoms with Crippen LogP contribution in [0.15, 0.2) is 60.8 Å². The zero-order valence-corrected chi connectivity index (χ0v) is 27.5. The summed E-state index contributed by atoms with van der Waals surface area (Å²) in [6, 6.07) is 0. The molecule has 0 rings (SSSR count). The molecular formula is C37H62O6. The average Bonchev–Trinajstić information content (AvgIpc) is 2.98. The molecule has 0 aromatic rings. The third-order valence-corrected chi connectivity index (χ3v) is 6.83. The van der Waals surface area contributed by atoms with Crippen LogP contribution >= 0.6 is 0 Å². The standard InChI is InChI=1S/C37H62O6/c1-4-5-27-34(39)28-23-19-15-10-8-6-7-9-11-16-20-24-29-36(40)42-32-35(31-38)43-37(41)30-25-21-17-13-12-14-18-22-26-33(2)3/h5-7,10-11,15-16,19,23,27,33-35,38-39H,4,8-9,12-14,17-18,20-22,24-26,28-32H2,1-3H3/b7-6-,15-10-,16-11-,23-19+,27-5-/t34?,35-/m0/s1. The smallest absolute Gasteiger partial charge is 0.306 e. The van der Waals surface area contributed by atoms with Crippen LogP contribution in [0.1, 0.15) is 130 Å². The molecule has 6 heteroatoms. The SMILES string of the molecule is CC/C=C\C(O)C/C=C/C=C\C/C=C\C/C=C\CCCC(=O)OC[C@H](CO)OC(=O)CCCCCCCCCCC(C)C. The molecule has 6 nitrogen and oxygen atoms in total. The lowest BCUT2D eigenvalue weighted by Gasteiger charge is -2.15. The van der Waals surface area contributed by atoms with E-state index >= 15 is 0 Å². The van der Waals surface area contributed by atoms with Gasteiger partial charge in [0.1, 0.15) is 6.61 Å². The summed E-state index contributed by atoms with van der Waals surface area (Å²) in [6.07, 6.45) is 34.9. The number of unbranched alkanes of at least 4 members (excludes halogenated alkanes) is 8. The van der Waals surface area contributed by atoms with E-state index in [1.807, 2.05) is 37.3 Å². The molecule has 0 aliphatic carbocycles. The van der Waals surface area contributed by atoms with Gasteiger partial charge in [-0.05, 0) is 50.9 Å². The van der Waals surface area contributed by atoms with E-state index in [4.69, 9.17) is 9.47 Å². The van der Waals surface area contributed by atoms with Crippen molar-refractivity contribution in [1.29, 1.82) is 0 Å². The minimum Gasteiger partial charge on any atom is -0.462 e. The minimum atomic E-state index is -0.805. The second kappa shape index (κ2) is 31.0. The van der Waals surface area contributed by atoms with Crippen LogP contribution in [0, 0.1) is 5.92 Å². The van der Waals surface area contributed by atoms with Crippen molar-refractivity contribution in [2.45, 2.75) is 142 Å². The molecular weight excluding hydrogens is 540 g/mol. The molecule has 0 bridgehead atoms. The van der Waals surface area contributed by atoms with Crippen molar-refractivity contribution in [2.24, 2.45) is 5.92 Å². The molecule has 0 spiro atoms. The van der Waals surface area contributed by atoms with E-state index in [2.05, 4.69) is 44.2 Å². The molecule has 2 N–H and O–H groups in total. The lowest BCUT2D eigenvalue weighted by atomic mass is 10.0. The topological polar surface area (TPSA) is 93.1 Å². The Morgan fingerprint density at radius 1 is 0.721 bits per heavy atom. The molecule has 0 aliphatic heterocycles. The Kier molecular flexibility index (Phi) is 29.2. The summed E-state index contributed by atoms with van der Waals surface area (Å²) in [5.74, 6) is 0.103. The van der Waals surface area contributed by atoms with E-state index in [1.165, 1.54) is 38.5 Å². The van der Waals surface area contributed by atoms with Crippen molar-refractivity contribution in [3.05, 3.63) is 60.8 Å². The summed E-state index contributed by atoms with van der Waals surface area (Å²) < 4.78 is 10.5. The first-order valence-electron chi connectivity index (χ1n) is 16.8. The van der Waals surface area contributed by atoms with Crippen molar-refractivity contribution < 1.29 is 29.3 Å². The predicted molar refractivity (Wildman–Crippen MR) is 179 cm³/mol. The fraction of sp³-hybridized carbons (Fsp3) is 0.676. The highest BCUT2D eigenvalue weighted by atomic mass is 16.6. The van der Waals surface area contributed by atoms with E-state index in [1.54, 1.807) is 0 Å². The Balaban J connectivity index is 3.78. The lowest BCUT2D eigenvalue weighted by molar-refractivity contribution is -0.161. The second-order valence-corrected chi connectivity index (χ2v) is 11.5. The number of aliphatic hydroxyl groups is 2. The van der Waals surface area contributed by atoms with Gasteiger partial charge in [-0.1, -0.05) is 133 Å². The van der Waals surface area contributed by atoms with Crippen LogP contribution in [0.3, 0.4) is 0 Å². The summed E-state index contributed by atoms with van der Waals surface area (Å²) in [6.45, 7) is 6.12. The van der Waals surface area contributed by atoms with Crippen molar-refractivity contribution in [3.8, 4) is 0 Å². The zero-order valence-electron chi connectivity index (χ0n) is 27.5. The first-order chi connectivity index (χ1) is 20.9. The number of hydrogen-bond acceptors (Lipinski definition) is 6. The van der Waals surface area contributed by atoms with E-state index in [-0.39, 0.29) is 31.6 Å². The lowest BCUT2D eigenvalue weighted by Crippen LogP contribution is -2.28. The maximum absolute atomic E-state index is 12.1. The Bertz CT molecular complexity index is 808. The molecule has 246 valence electrons. The normalized spacial score (nSPS) is 13.8. The first kappa shape index (κ1) is 40.6. The van der Waals surface area contributed by atoms with Gasteiger partial charge in [0.2, 0.25) is 0 Å². The fourth-order valence-electron chi connectivity index (χ4n) is 4.26. The molecule has 0 aromatic carbocycles. The van der Waals surface area contributed by atoms with E-state index < -0.39 is 12.2 Å².